The lowest BCUT2D eigenvalue weighted by molar-refractivity contribution is 0.0473. The first kappa shape index (κ1) is 13.2. The number of likely N-dealkylation sites (tertiary alicyclic amines) is 1. The first-order valence-corrected chi connectivity index (χ1v) is 6.50. The quantitative estimate of drug-likeness (QED) is 0.672. The van der Waals surface area contributed by atoms with E-state index in [1.165, 1.54) is 12.8 Å². The highest BCUT2D eigenvalue weighted by atomic mass is 35.5. The summed E-state index contributed by atoms with van der Waals surface area (Å²) in [4.78, 5) is 14.1. The van der Waals surface area contributed by atoms with E-state index in [-0.39, 0.29) is 5.56 Å². The number of halogens is 1. The van der Waals surface area contributed by atoms with Crippen molar-refractivity contribution in [2.75, 3.05) is 32.0 Å². The van der Waals surface area contributed by atoms with E-state index in [0.29, 0.717) is 17.3 Å². The van der Waals surface area contributed by atoms with Crippen LogP contribution in [0.4, 0.5) is 5.69 Å². The Morgan fingerprint density at radius 2 is 2.11 bits per heavy atom. The SMILES string of the molecule is Nc1cccc(Cl)c1C(=O)OCCN1CCCC1. The molecule has 4 nitrogen and oxygen atoms in total. The molecule has 2 rings (SSSR count). The summed E-state index contributed by atoms with van der Waals surface area (Å²) in [6.45, 7) is 3.33. The third-order valence-electron chi connectivity index (χ3n) is 3.09. The van der Waals surface area contributed by atoms with Gasteiger partial charge in [-0.25, -0.2) is 4.79 Å². The lowest BCUT2D eigenvalue weighted by Gasteiger charge is -2.14. The molecule has 1 aliphatic rings. The monoisotopic (exact) mass is 268 g/mol. The van der Waals surface area contributed by atoms with Crippen LogP contribution in [0.1, 0.15) is 23.2 Å². The summed E-state index contributed by atoms with van der Waals surface area (Å²) in [5.74, 6) is -0.447. The Hall–Kier alpha value is -1.26. The smallest absolute Gasteiger partial charge is 0.341 e. The number of rotatable bonds is 4. The number of hydrogen-bond acceptors (Lipinski definition) is 4. The molecule has 1 heterocycles. The van der Waals surface area contributed by atoms with Crippen molar-refractivity contribution in [1.82, 2.24) is 4.90 Å². The maximum atomic E-state index is 11.9. The van der Waals surface area contributed by atoms with E-state index in [9.17, 15) is 4.79 Å². The normalized spacial score (nSPS) is 15.8. The molecule has 5 heteroatoms. The Balaban J connectivity index is 1.87. The molecule has 0 unspecified atom stereocenters. The van der Waals surface area contributed by atoms with Gasteiger partial charge in [-0.15, -0.1) is 0 Å². The minimum absolute atomic E-state index is 0.264. The van der Waals surface area contributed by atoms with Crippen molar-refractivity contribution < 1.29 is 9.53 Å². The lowest BCUT2D eigenvalue weighted by Crippen LogP contribution is -2.25. The molecular weight excluding hydrogens is 252 g/mol. The number of nitrogens with two attached hydrogens (primary N) is 1. The molecule has 1 fully saturated rings. The van der Waals surface area contributed by atoms with Crippen molar-refractivity contribution in [3.8, 4) is 0 Å². The van der Waals surface area contributed by atoms with E-state index in [1.54, 1.807) is 18.2 Å². The maximum absolute atomic E-state index is 11.9. The van der Waals surface area contributed by atoms with Crippen LogP contribution in [-0.4, -0.2) is 37.1 Å². The number of hydrogen-bond donors (Lipinski definition) is 1. The van der Waals surface area contributed by atoms with Crippen LogP contribution in [0.2, 0.25) is 5.02 Å². The highest BCUT2D eigenvalue weighted by Crippen LogP contribution is 2.22. The van der Waals surface area contributed by atoms with Gasteiger partial charge in [0.1, 0.15) is 12.2 Å². The van der Waals surface area contributed by atoms with E-state index in [2.05, 4.69) is 4.90 Å². The van der Waals surface area contributed by atoms with Crippen molar-refractivity contribution >= 4 is 23.3 Å². The zero-order valence-electron chi connectivity index (χ0n) is 10.2. The summed E-state index contributed by atoms with van der Waals surface area (Å²) >= 11 is 5.94. The van der Waals surface area contributed by atoms with Gasteiger partial charge in [-0.05, 0) is 38.1 Å². The number of carbonyl (C=O) groups excluding carboxylic acids is 1. The van der Waals surface area contributed by atoms with Crippen LogP contribution in [0.5, 0.6) is 0 Å². The molecule has 0 aliphatic carbocycles. The van der Waals surface area contributed by atoms with Crippen molar-refractivity contribution in [3.05, 3.63) is 28.8 Å². The maximum Gasteiger partial charge on any atom is 0.341 e. The van der Waals surface area contributed by atoms with Gasteiger partial charge in [0.2, 0.25) is 0 Å². The van der Waals surface area contributed by atoms with Gasteiger partial charge in [-0.3, -0.25) is 4.90 Å². The summed E-state index contributed by atoms with van der Waals surface area (Å²) in [6.07, 6.45) is 2.46. The molecule has 0 radical (unpaired) electrons. The topological polar surface area (TPSA) is 55.6 Å². The molecule has 18 heavy (non-hydrogen) atoms. The fourth-order valence-electron chi connectivity index (χ4n) is 2.10. The van der Waals surface area contributed by atoms with E-state index in [1.807, 2.05) is 0 Å². The predicted molar refractivity (Wildman–Crippen MR) is 71.8 cm³/mol. The van der Waals surface area contributed by atoms with Crippen LogP contribution in [0.3, 0.4) is 0 Å². The van der Waals surface area contributed by atoms with Gasteiger partial charge in [0.15, 0.2) is 0 Å². The standard InChI is InChI=1S/C13H17ClN2O2/c14-10-4-3-5-11(15)12(10)13(17)18-9-8-16-6-1-2-7-16/h3-5H,1-2,6-9,15H2. The minimum atomic E-state index is -0.447. The lowest BCUT2D eigenvalue weighted by atomic mass is 10.2. The zero-order valence-corrected chi connectivity index (χ0v) is 10.9. The van der Waals surface area contributed by atoms with Crippen LogP contribution in [0.15, 0.2) is 18.2 Å². The number of nitrogen functional groups attached to an aromatic ring is 1. The molecule has 0 amide bonds. The number of anilines is 1. The fraction of sp³-hybridized carbons (Fsp3) is 0.462. The molecule has 1 aromatic carbocycles. The Bertz CT molecular complexity index is 411. The molecule has 0 atom stereocenters. The van der Waals surface area contributed by atoms with Gasteiger partial charge < -0.3 is 10.5 Å². The van der Waals surface area contributed by atoms with Gasteiger partial charge in [0.25, 0.3) is 0 Å². The molecule has 0 saturated carbocycles. The second-order valence-electron chi connectivity index (χ2n) is 4.39. The third kappa shape index (κ3) is 3.15. The summed E-state index contributed by atoms with van der Waals surface area (Å²) < 4.78 is 5.21. The number of nitrogens with zero attached hydrogens (tertiary/aromatic N) is 1. The summed E-state index contributed by atoms with van der Waals surface area (Å²) in [7, 11) is 0. The third-order valence-corrected chi connectivity index (χ3v) is 3.40. The largest absolute Gasteiger partial charge is 0.461 e. The predicted octanol–water partition coefficient (Wildman–Crippen LogP) is 2.17. The van der Waals surface area contributed by atoms with Gasteiger partial charge >= 0.3 is 5.97 Å². The Morgan fingerprint density at radius 3 is 2.78 bits per heavy atom. The van der Waals surface area contributed by atoms with Crippen molar-refractivity contribution in [2.24, 2.45) is 0 Å². The molecule has 98 valence electrons. The van der Waals surface area contributed by atoms with Crippen LogP contribution < -0.4 is 5.73 Å². The second-order valence-corrected chi connectivity index (χ2v) is 4.80. The Labute approximate surface area is 112 Å². The molecule has 0 aromatic heterocycles. The molecule has 0 spiro atoms. The molecular formula is C13H17ClN2O2. The van der Waals surface area contributed by atoms with E-state index >= 15 is 0 Å². The van der Waals surface area contributed by atoms with Crippen molar-refractivity contribution in [2.45, 2.75) is 12.8 Å². The Morgan fingerprint density at radius 1 is 1.39 bits per heavy atom. The highest BCUT2D eigenvalue weighted by Gasteiger charge is 2.16. The molecule has 1 saturated heterocycles. The summed E-state index contributed by atoms with van der Waals surface area (Å²) in [5, 5.41) is 0.334. The fourth-order valence-corrected chi connectivity index (χ4v) is 2.36. The average Bonchev–Trinajstić information content (AvgIpc) is 2.82. The van der Waals surface area contributed by atoms with Crippen LogP contribution in [-0.2, 0) is 4.74 Å². The van der Waals surface area contributed by atoms with Crippen molar-refractivity contribution in [3.63, 3.8) is 0 Å². The van der Waals surface area contributed by atoms with E-state index in [0.717, 1.165) is 19.6 Å². The van der Waals surface area contributed by atoms with Crippen molar-refractivity contribution in [1.29, 1.82) is 0 Å². The van der Waals surface area contributed by atoms with Crippen LogP contribution in [0, 0.1) is 0 Å². The van der Waals surface area contributed by atoms with Gasteiger partial charge in [-0.1, -0.05) is 17.7 Å². The second kappa shape index (κ2) is 6.07. The number of esters is 1. The number of ether oxygens (including phenoxy) is 1. The van der Waals surface area contributed by atoms with Gasteiger partial charge in [-0.2, -0.15) is 0 Å². The minimum Gasteiger partial charge on any atom is -0.461 e. The van der Waals surface area contributed by atoms with Gasteiger partial charge in [0, 0.05) is 12.2 Å². The summed E-state index contributed by atoms with van der Waals surface area (Å²) in [5.41, 5.74) is 6.34. The van der Waals surface area contributed by atoms with E-state index < -0.39 is 5.97 Å². The van der Waals surface area contributed by atoms with Crippen LogP contribution in [0.25, 0.3) is 0 Å². The average molecular weight is 269 g/mol. The molecule has 1 aromatic rings. The number of carbonyl (C=O) groups is 1. The molecule has 0 bridgehead atoms. The number of benzene rings is 1. The van der Waals surface area contributed by atoms with Crippen LogP contribution >= 0.6 is 11.6 Å². The Kier molecular flexibility index (Phi) is 4.44. The first-order chi connectivity index (χ1) is 8.68. The summed E-state index contributed by atoms with van der Waals surface area (Å²) in [6, 6.07) is 4.98. The van der Waals surface area contributed by atoms with E-state index in [4.69, 9.17) is 22.1 Å². The first-order valence-electron chi connectivity index (χ1n) is 6.12. The molecule has 2 N–H and O–H groups in total. The molecule has 1 aliphatic heterocycles. The zero-order chi connectivity index (χ0) is 13.0. The highest BCUT2D eigenvalue weighted by molar-refractivity contribution is 6.34. The van der Waals surface area contributed by atoms with Gasteiger partial charge in [0.05, 0.1) is 5.02 Å².